The zero-order valence-corrected chi connectivity index (χ0v) is 12.0. The van der Waals surface area contributed by atoms with Gasteiger partial charge in [0.2, 0.25) is 10.0 Å². The number of sulfonamides is 1. The van der Waals surface area contributed by atoms with Crippen LogP contribution in [0, 0.1) is 6.92 Å². The first-order valence-electron chi connectivity index (χ1n) is 6.65. The highest BCUT2D eigenvalue weighted by atomic mass is 32.2. The molecule has 106 valence electrons. The Hall–Kier alpha value is -0.910. The molecule has 0 atom stereocenters. The molecule has 0 saturated heterocycles. The molecule has 0 aromatic heterocycles. The molecule has 5 heteroatoms. The minimum Gasteiger partial charge on any atom is -0.390 e. The smallest absolute Gasteiger partial charge is 0.238 e. The summed E-state index contributed by atoms with van der Waals surface area (Å²) in [6.45, 7) is 1.92. The average Bonchev–Trinajstić information content (AvgIpc) is 2.73. The van der Waals surface area contributed by atoms with Crippen molar-refractivity contribution < 1.29 is 13.5 Å². The van der Waals surface area contributed by atoms with Crippen molar-refractivity contribution in [2.24, 2.45) is 5.14 Å². The van der Waals surface area contributed by atoms with Crippen LogP contribution in [0.1, 0.15) is 43.2 Å². The average molecular weight is 283 g/mol. The third-order valence-corrected chi connectivity index (χ3v) is 4.93. The molecule has 0 amide bonds. The van der Waals surface area contributed by atoms with Gasteiger partial charge in [0, 0.05) is 0 Å². The summed E-state index contributed by atoms with van der Waals surface area (Å²) in [4.78, 5) is 0.180. The van der Waals surface area contributed by atoms with E-state index in [1.54, 1.807) is 12.1 Å². The molecule has 4 nitrogen and oxygen atoms in total. The summed E-state index contributed by atoms with van der Waals surface area (Å²) in [5.41, 5.74) is 1.09. The first kappa shape index (κ1) is 14.5. The van der Waals surface area contributed by atoms with E-state index in [1.807, 2.05) is 13.0 Å². The Morgan fingerprint density at radius 2 is 1.95 bits per heavy atom. The van der Waals surface area contributed by atoms with Crippen LogP contribution in [-0.4, -0.2) is 19.1 Å². The lowest BCUT2D eigenvalue weighted by atomic mass is 9.93. The summed E-state index contributed by atoms with van der Waals surface area (Å²) in [6, 6.07) is 5.14. The van der Waals surface area contributed by atoms with Gasteiger partial charge in [-0.3, -0.25) is 0 Å². The highest BCUT2D eigenvalue weighted by molar-refractivity contribution is 7.89. The summed E-state index contributed by atoms with van der Waals surface area (Å²) in [5.74, 6) is 0. The molecule has 1 aliphatic rings. The van der Waals surface area contributed by atoms with Gasteiger partial charge in [0.1, 0.15) is 0 Å². The van der Waals surface area contributed by atoms with Crippen LogP contribution < -0.4 is 5.14 Å². The van der Waals surface area contributed by atoms with Crippen LogP contribution in [0.2, 0.25) is 0 Å². The Morgan fingerprint density at radius 1 is 1.32 bits per heavy atom. The van der Waals surface area contributed by atoms with Gasteiger partial charge >= 0.3 is 0 Å². The largest absolute Gasteiger partial charge is 0.390 e. The molecule has 2 rings (SSSR count). The number of aryl methyl sites for hydroxylation is 2. The molecule has 19 heavy (non-hydrogen) atoms. The molecule has 0 unspecified atom stereocenters. The van der Waals surface area contributed by atoms with Gasteiger partial charge in [0.25, 0.3) is 0 Å². The zero-order valence-electron chi connectivity index (χ0n) is 11.2. The lowest BCUT2D eigenvalue weighted by Crippen LogP contribution is -2.25. The van der Waals surface area contributed by atoms with Gasteiger partial charge in [0.15, 0.2) is 0 Å². The van der Waals surface area contributed by atoms with Crippen LogP contribution >= 0.6 is 0 Å². The molecule has 0 spiro atoms. The molecule has 1 saturated carbocycles. The number of hydrogen-bond acceptors (Lipinski definition) is 3. The molecule has 1 aromatic carbocycles. The van der Waals surface area contributed by atoms with E-state index in [-0.39, 0.29) is 4.90 Å². The summed E-state index contributed by atoms with van der Waals surface area (Å²) < 4.78 is 23.1. The number of hydrogen-bond donors (Lipinski definition) is 2. The summed E-state index contributed by atoms with van der Waals surface area (Å²) in [6.07, 6.45) is 4.86. The Balaban J connectivity index is 2.21. The quantitative estimate of drug-likeness (QED) is 0.885. The predicted molar refractivity (Wildman–Crippen MR) is 74.3 cm³/mol. The maximum Gasteiger partial charge on any atom is 0.238 e. The monoisotopic (exact) mass is 283 g/mol. The maximum atomic E-state index is 11.6. The van der Waals surface area contributed by atoms with Gasteiger partial charge < -0.3 is 5.11 Å². The van der Waals surface area contributed by atoms with E-state index < -0.39 is 15.6 Å². The van der Waals surface area contributed by atoms with E-state index >= 15 is 0 Å². The molecular weight excluding hydrogens is 262 g/mol. The van der Waals surface area contributed by atoms with Gasteiger partial charge in [0.05, 0.1) is 10.5 Å². The second-order valence-corrected chi connectivity index (χ2v) is 7.12. The zero-order chi connectivity index (χ0) is 14.1. The molecule has 0 aliphatic heterocycles. The number of benzene rings is 1. The lowest BCUT2D eigenvalue weighted by molar-refractivity contribution is 0.0390. The standard InChI is InChI=1S/C14H21NO3S/c1-11-4-5-13(19(15,17)18)12(10-11)6-9-14(16)7-2-3-8-14/h4-5,10,16H,2-3,6-9H2,1H3,(H2,15,17,18). The minimum absolute atomic E-state index is 0.180. The first-order chi connectivity index (χ1) is 8.80. The van der Waals surface area contributed by atoms with E-state index in [2.05, 4.69) is 0 Å². The fourth-order valence-electron chi connectivity index (χ4n) is 2.83. The molecule has 1 fully saturated rings. The fourth-order valence-corrected chi connectivity index (χ4v) is 3.62. The SMILES string of the molecule is Cc1ccc(S(N)(=O)=O)c(CCC2(O)CCCC2)c1. The third-order valence-electron chi connectivity index (χ3n) is 3.92. The van der Waals surface area contributed by atoms with Gasteiger partial charge in [-0.05, 0) is 44.2 Å². The van der Waals surface area contributed by atoms with Crippen LogP contribution in [-0.2, 0) is 16.4 Å². The van der Waals surface area contributed by atoms with E-state index in [1.165, 1.54) is 0 Å². The first-order valence-corrected chi connectivity index (χ1v) is 8.20. The lowest BCUT2D eigenvalue weighted by Gasteiger charge is -2.22. The predicted octanol–water partition coefficient (Wildman–Crippen LogP) is 1.88. The van der Waals surface area contributed by atoms with E-state index in [0.29, 0.717) is 18.4 Å². The van der Waals surface area contributed by atoms with Crippen LogP contribution in [0.15, 0.2) is 23.1 Å². The van der Waals surface area contributed by atoms with Crippen molar-refractivity contribution in [3.63, 3.8) is 0 Å². The Labute approximate surface area is 114 Å². The van der Waals surface area contributed by atoms with Crippen molar-refractivity contribution >= 4 is 10.0 Å². The molecule has 1 aliphatic carbocycles. The Kier molecular flexibility index (Phi) is 3.99. The number of primary sulfonamides is 1. The van der Waals surface area contributed by atoms with Gasteiger partial charge in [-0.1, -0.05) is 30.5 Å². The number of rotatable bonds is 4. The van der Waals surface area contributed by atoms with Crippen molar-refractivity contribution in [1.82, 2.24) is 0 Å². The van der Waals surface area contributed by atoms with Crippen molar-refractivity contribution in [3.05, 3.63) is 29.3 Å². The summed E-state index contributed by atoms with van der Waals surface area (Å²) >= 11 is 0. The maximum absolute atomic E-state index is 11.6. The van der Waals surface area contributed by atoms with Crippen molar-refractivity contribution in [3.8, 4) is 0 Å². The van der Waals surface area contributed by atoms with Gasteiger partial charge in [-0.25, -0.2) is 13.6 Å². The fraction of sp³-hybridized carbons (Fsp3) is 0.571. The number of nitrogens with two attached hydrogens (primary N) is 1. The summed E-state index contributed by atoms with van der Waals surface area (Å²) in [5, 5.41) is 15.6. The minimum atomic E-state index is -3.70. The van der Waals surface area contributed by atoms with Crippen molar-refractivity contribution in [1.29, 1.82) is 0 Å². The van der Waals surface area contributed by atoms with Crippen LogP contribution in [0.5, 0.6) is 0 Å². The summed E-state index contributed by atoms with van der Waals surface area (Å²) in [7, 11) is -3.70. The third kappa shape index (κ3) is 3.55. The molecule has 0 heterocycles. The van der Waals surface area contributed by atoms with Crippen molar-refractivity contribution in [2.75, 3.05) is 0 Å². The van der Waals surface area contributed by atoms with E-state index in [0.717, 1.165) is 31.2 Å². The van der Waals surface area contributed by atoms with Gasteiger partial charge in [-0.2, -0.15) is 0 Å². The van der Waals surface area contributed by atoms with Gasteiger partial charge in [-0.15, -0.1) is 0 Å². The molecule has 0 radical (unpaired) electrons. The number of aliphatic hydroxyl groups is 1. The molecule has 0 bridgehead atoms. The molecule has 1 aromatic rings. The van der Waals surface area contributed by atoms with Crippen LogP contribution in [0.25, 0.3) is 0 Å². The van der Waals surface area contributed by atoms with Crippen molar-refractivity contribution in [2.45, 2.75) is 55.9 Å². The highest BCUT2D eigenvalue weighted by Crippen LogP contribution is 2.34. The second kappa shape index (κ2) is 5.23. The Morgan fingerprint density at radius 3 is 2.53 bits per heavy atom. The normalized spacial score (nSPS) is 18.7. The Bertz CT molecular complexity index is 560. The topological polar surface area (TPSA) is 80.4 Å². The van der Waals surface area contributed by atoms with E-state index in [4.69, 9.17) is 5.14 Å². The molecule has 3 N–H and O–H groups in total. The highest BCUT2D eigenvalue weighted by Gasteiger charge is 2.31. The van der Waals surface area contributed by atoms with E-state index in [9.17, 15) is 13.5 Å². The second-order valence-electron chi connectivity index (χ2n) is 5.59. The molecular formula is C14H21NO3S. The van der Waals surface area contributed by atoms with Crippen LogP contribution in [0.3, 0.4) is 0 Å². The van der Waals surface area contributed by atoms with Crippen LogP contribution in [0.4, 0.5) is 0 Å².